The molecule has 0 unspecified atom stereocenters. The second-order valence-corrected chi connectivity index (χ2v) is 5.23. The Hall–Kier alpha value is -1.00. The molecule has 0 saturated heterocycles. The van der Waals surface area contributed by atoms with Gasteiger partial charge in [0.15, 0.2) is 12.5 Å². The molecule has 0 spiro atoms. The normalized spacial score (nSPS) is 14.4. The molecule has 1 aromatic carbocycles. The SMILES string of the molecule is N#Cc1cc(N)c(OCOCC2CC2)c(I)c1. The lowest BCUT2D eigenvalue weighted by Crippen LogP contribution is -2.07. The van der Waals surface area contributed by atoms with Crippen LogP contribution in [0.25, 0.3) is 0 Å². The molecule has 0 aromatic heterocycles. The van der Waals surface area contributed by atoms with E-state index in [1.165, 1.54) is 12.8 Å². The van der Waals surface area contributed by atoms with E-state index in [0.29, 0.717) is 17.0 Å². The molecule has 1 aliphatic carbocycles. The number of anilines is 1. The number of nitrogen functional groups attached to an aromatic ring is 1. The molecule has 0 amide bonds. The van der Waals surface area contributed by atoms with E-state index in [2.05, 4.69) is 28.7 Å². The summed E-state index contributed by atoms with van der Waals surface area (Å²) in [6.45, 7) is 0.968. The molecule has 1 aromatic rings. The molecule has 4 nitrogen and oxygen atoms in total. The van der Waals surface area contributed by atoms with Crippen LogP contribution in [0.15, 0.2) is 12.1 Å². The van der Waals surface area contributed by atoms with Gasteiger partial charge >= 0.3 is 0 Å². The first-order chi connectivity index (χ1) is 8.20. The summed E-state index contributed by atoms with van der Waals surface area (Å²) in [7, 11) is 0. The summed E-state index contributed by atoms with van der Waals surface area (Å²) in [5.74, 6) is 1.32. The van der Waals surface area contributed by atoms with Crippen LogP contribution >= 0.6 is 22.6 Å². The van der Waals surface area contributed by atoms with Gasteiger partial charge < -0.3 is 15.2 Å². The van der Waals surface area contributed by atoms with E-state index >= 15 is 0 Å². The van der Waals surface area contributed by atoms with E-state index in [0.717, 1.165) is 16.1 Å². The van der Waals surface area contributed by atoms with Crippen LogP contribution in [-0.4, -0.2) is 13.4 Å². The van der Waals surface area contributed by atoms with Crippen molar-refractivity contribution in [2.75, 3.05) is 19.1 Å². The highest BCUT2D eigenvalue weighted by atomic mass is 127. The number of hydrogen-bond acceptors (Lipinski definition) is 4. The highest BCUT2D eigenvalue weighted by molar-refractivity contribution is 14.1. The fourth-order valence-corrected chi connectivity index (χ4v) is 2.23. The molecule has 0 heterocycles. The van der Waals surface area contributed by atoms with Crippen LogP contribution < -0.4 is 10.5 Å². The summed E-state index contributed by atoms with van der Waals surface area (Å²) >= 11 is 2.10. The third-order valence-electron chi connectivity index (χ3n) is 2.54. The summed E-state index contributed by atoms with van der Waals surface area (Å²) in [5.41, 5.74) is 6.83. The topological polar surface area (TPSA) is 68.3 Å². The van der Waals surface area contributed by atoms with Crippen molar-refractivity contribution in [2.45, 2.75) is 12.8 Å². The summed E-state index contributed by atoms with van der Waals surface area (Å²) in [6, 6.07) is 5.41. The van der Waals surface area contributed by atoms with E-state index in [-0.39, 0.29) is 6.79 Å². The molecule has 0 bridgehead atoms. The van der Waals surface area contributed by atoms with Gasteiger partial charge in [-0.2, -0.15) is 5.26 Å². The predicted molar refractivity (Wildman–Crippen MR) is 72.5 cm³/mol. The zero-order valence-corrected chi connectivity index (χ0v) is 11.4. The Morgan fingerprint density at radius 2 is 2.24 bits per heavy atom. The number of halogens is 1. The van der Waals surface area contributed by atoms with Crippen LogP contribution in [0.1, 0.15) is 18.4 Å². The Bertz CT molecular complexity index is 429. The fourth-order valence-electron chi connectivity index (χ4n) is 1.43. The maximum atomic E-state index is 8.79. The molecule has 0 aliphatic heterocycles. The molecular weight excluding hydrogens is 331 g/mol. The number of ether oxygens (including phenoxy) is 2. The van der Waals surface area contributed by atoms with Gasteiger partial charge in [0.2, 0.25) is 0 Å². The van der Waals surface area contributed by atoms with Crippen molar-refractivity contribution in [1.82, 2.24) is 0 Å². The van der Waals surface area contributed by atoms with Crippen molar-refractivity contribution >= 4 is 28.3 Å². The van der Waals surface area contributed by atoms with Gasteiger partial charge in [-0.25, -0.2) is 0 Å². The van der Waals surface area contributed by atoms with Crippen LogP contribution in [0, 0.1) is 20.8 Å². The Labute approximate surface area is 114 Å². The third-order valence-corrected chi connectivity index (χ3v) is 3.34. The Balaban J connectivity index is 1.92. The van der Waals surface area contributed by atoms with Crippen molar-refractivity contribution in [3.8, 4) is 11.8 Å². The first kappa shape index (κ1) is 12.5. The van der Waals surface area contributed by atoms with Crippen LogP contribution in [0.2, 0.25) is 0 Å². The van der Waals surface area contributed by atoms with E-state index in [4.69, 9.17) is 20.5 Å². The first-order valence-electron chi connectivity index (χ1n) is 5.40. The van der Waals surface area contributed by atoms with Gasteiger partial charge in [-0.15, -0.1) is 0 Å². The lowest BCUT2D eigenvalue weighted by atomic mass is 10.2. The molecule has 0 radical (unpaired) electrons. The Kier molecular flexibility index (Phi) is 4.07. The second-order valence-electron chi connectivity index (χ2n) is 4.06. The minimum Gasteiger partial charge on any atom is -0.464 e. The lowest BCUT2D eigenvalue weighted by molar-refractivity contribution is 0.00993. The molecule has 1 fully saturated rings. The molecule has 1 aliphatic rings. The summed E-state index contributed by atoms with van der Waals surface area (Å²) in [5, 5.41) is 8.79. The lowest BCUT2D eigenvalue weighted by Gasteiger charge is -2.11. The van der Waals surface area contributed by atoms with Gasteiger partial charge in [0.05, 0.1) is 27.5 Å². The van der Waals surface area contributed by atoms with Gasteiger partial charge in [0, 0.05) is 0 Å². The minimum atomic E-state index is 0.211. The van der Waals surface area contributed by atoms with Crippen molar-refractivity contribution in [1.29, 1.82) is 5.26 Å². The minimum absolute atomic E-state index is 0.211. The van der Waals surface area contributed by atoms with Gasteiger partial charge in [0.25, 0.3) is 0 Å². The molecule has 0 atom stereocenters. The zero-order chi connectivity index (χ0) is 12.3. The van der Waals surface area contributed by atoms with Gasteiger partial charge in [-0.3, -0.25) is 0 Å². The molecule has 1 saturated carbocycles. The number of nitrogens with two attached hydrogens (primary N) is 1. The highest BCUT2D eigenvalue weighted by Gasteiger charge is 2.21. The van der Waals surface area contributed by atoms with E-state index in [1.807, 2.05) is 0 Å². The molecule has 2 rings (SSSR count). The van der Waals surface area contributed by atoms with Crippen molar-refractivity contribution in [3.63, 3.8) is 0 Å². The standard InChI is InChI=1S/C12H13IN2O2/c13-10-3-9(5-14)4-11(15)12(10)17-7-16-6-8-1-2-8/h3-4,8H,1-2,6-7,15H2. The molecule has 17 heavy (non-hydrogen) atoms. The predicted octanol–water partition coefficient (Wildman–Crippen LogP) is 2.51. The van der Waals surface area contributed by atoms with Crippen LogP contribution in [0.4, 0.5) is 5.69 Å². The van der Waals surface area contributed by atoms with Crippen molar-refractivity contribution in [2.24, 2.45) is 5.92 Å². The van der Waals surface area contributed by atoms with E-state index < -0.39 is 0 Å². The van der Waals surface area contributed by atoms with Crippen molar-refractivity contribution in [3.05, 3.63) is 21.3 Å². The quantitative estimate of drug-likeness (QED) is 0.386. The van der Waals surface area contributed by atoms with Crippen LogP contribution in [0.3, 0.4) is 0 Å². The van der Waals surface area contributed by atoms with Crippen LogP contribution in [0.5, 0.6) is 5.75 Å². The largest absolute Gasteiger partial charge is 0.464 e. The third kappa shape index (κ3) is 3.48. The zero-order valence-electron chi connectivity index (χ0n) is 9.28. The number of nitriles is 1. The highest BCUT2D eigenvalue weighted by Crippen LogP contribution is 2.31. The number of rotatable bonds is 5. The molecule has 90 valence electrons. The van der Waals surface area contributed by atoms with Crippen LogP contribution in [-0.2, 0) is 4.74 Å². The number of benzene rings is 1. The van der Waals surface area contributed by atoms with E-state index in [1.54, 1.807) is 12.1 Å². The summed E-state index contributed by atoms with van der Waals surface area (Å²) < 4.78 is 11.7. The average molecular weight is 344 g/mol. The Morgan fingerprint density at radius 1 is 1.47 bits per heavy atom. The maximum absolute atomic E-state index is 8.79. The molecule has 2 N–H and O–H groups in total. The van der Waals surface area contributed by atoms with Gasteiger partial charge in [-0.05, 0) is 53.5 Å². The van der Waals surface area contributed by atoms with Gasteiger partial charge in [0.1, 0.15) is 0 Å². The average Bonchev–Trinajstić information content (AvgIpc) is 3.10. The first-order valence-corrected chi connectivity index (χ1v) is 6.48. The van der Waals surface area contributed by atoms with E-state index in [9.17, 15) is 0 Å². The fraction of sp³-hybridized carbons (Fsp3) is 0.417. The summed E-state index contributed by atoms with van der Waals surface area (Å²) in [4.78, 5) is 0. The monoisotopic (exact) mass is 344 g/mol. The second kappa shape index (κ2) is 5.56. The summed E-state index contributed by atoms with van der Waals surface area (Å²) in [6.07, 6.45) is 2.52. The van der Waals surface area contributed by atoms with Crippen molar-refractivity contribution < 1.29 is 9.47 Å². The number of nitrogens with zero attached hydrogens (tertiary/aromatic N) is 1. The van der Waals surface area contributed by atoms with Gasteiger partial charge in [-0.1, -0.05) is 0 Å². The number of hydrogen-bond donors (Lipinski definition) is 1. The molecule has 5 heteroatoms. The maximum Gasteiger partial charge on any atom is 0.189 e. The smallest absolute Gasteiger partial charge is 0.189 e. The molecular formula is C12H13IN2O2. The Morgan fingerprint density at radius 3 is 2.82 bits per heavy atom.